The van der Waals surface area contributed by atoms with Gasteiger partial charge in [0, 0.05) is 34.3 Å². The van der Waals surface area contributed by atoms with Crippen molar-refractivity contribution in [2.45, 2.75) is 0 Å². The summed E-state index contributed by atoms with van der Waals surface area (Å²) in [6.07, 6.45) is 3.33. The summed E-state index contributed by atoms with van der Waals surface area (Å²) in [4.78, 5) is 11.2. The Bertz CT molecular complexity index is 1500. The molecule has 7 rings (SSSR count). The minimum atomic E-state index is -0.297. The Labute approximate surface area is 177 Å². The van der Waals surface area contributed by atoms with E-state index >= 15 is 0 Å². The molecule has 4 aromatic carbocycles. The number of para-hydroxylation sites is 4. The van der Waals surface area contributed by atoms with Crippen LogP contribution in [0.3, 0.4) is 0 Å². The van der Waals surface area contributed by atoms with Crippen molar-refractivity contribution in [3.8, 4) is 34.0 Å². The maximum atomic E-state index is 14.8. The minimum Gasteiger partial charge on any atom is -0.453 e. The lowest BCUT2D eigenvalue weighted by molar-refractivity contribution is 0.477. The fourth-order valence-electron chi connectivity index (χ4n) is 4.71. The second-order valence-corrected chi connectivity index (χ2v) is 7.63. The summed E-state index contributed by atoms with van der Waals surface area (Å²) in [7, 11) is 0. The SMILES string of the molecule is Fc1cc2c3c(ccc(N4c5ccccc5Oc5ccccc54)c3c1)-c1nccnc1-2. The zero-order chi connectivity index (χ0) is 20.5. The molecule has 0 atom stereocenters. The molecule has 2 aliphatic rings. The van der Waals surface area contributed by atoms with Crippen LogP contribution < -0.4 is 9.64 Å². The second-order valence-electron chi connectivity index (χ2n) is 7.63. The number of halogens is 1. The van der Waals surface area contributed by atoms with Gasteiger partial charge in [-0.25, -0.2) is 4.39 Å². The van der Waals surface area contributed by atoms with Crippen LogP contribution in [0.2, 0.25) is 0 Å². The summed E-state index contributed by atoms with van der Waals surface area (Å²) >= 11 is 0. The van der Waals surface area contributed by atoms with E-state index in [2.05, 4.69) is 20.9 Å². The predicted molar refractivity (Wildman–Crippen MR) is 119 cm³/mol. The number of nitrogens with zero attached hydrogens (tertiary/aromatic N) is 3. The van der Waals surface area contributed by atoms with Crippen molar-refractivity contribution in [2.75, 3.05) is 4.90 Å². The Kier molecular flexibility index (Phi) is 3.14. The molecule has 146 valence electrons. The van der Waals surface area contributed by atoms with Crippen molar-refractivity contribution in [3.05, 3.63) is 91.0 Å². The third-order valence-electron chi connectivity index (χ3n) is 5.94. The van der Waals surface area contributed by atoms with Gasteiger partial charge in [0.2, 0.25) is 0 Å². The smallest absolute Gasteiger partial charge is 0.151 e. The average Bonchev–Trinajstić information content (AvgIpc) is 3.13. The highest BCUT2D eigenvalue weighted by Gasteiger charge is 2.30. The third kappa shape index (κ3) is 2.17. The van der Waals surface area contributed by atoms with Crippen molar-refractivity contribution in [1.29, 1.82) is 0 Å². The van der Waals surface area contributed by atoms with E-state index in [0.29, 0.717) is 0 Å². The van der Waals surface area contributed by atoms with E-state index < -0.39 is 0 Å². The van der Waals surface area contributed by atoms with Crippen molar-refractivity contribution in [2.24, 2.45) is 0 Å². The molecule has 0 fully saturated rings. The van der Waals surface area contributed by atoms with E-state index in [0.717, 1.165) is 61.8 Å². The fourth-order valence-corrected chi connectivity index (χ4v) is 4.71. The van der Waals surface area contributed by atoms with Crippen LogP contribution in [0.25, 0.3) is 33.3 Å². The maximum absolute atomic E-state index is 14.8. The van der Waals surface area contributed by atoms with E-state index in [1.807, 2.05) is 54.6 Å². The van der Waals surface area contributed by atoms with Gasteiger partial charge >= 0.3 is 0 Å². The molecule has 4 nitrogen and oxygen atoms in total. The number of anilines is 3. The number of hydrogen-bond donors (Lipinski definition) is 0. The molecule has 2 heterocycles. The van der Waals surface area contributed by atoms with E-state index in [-0.39, 0.29) is 5.82 Å². The van der Waals surface area contributed by atoms with E-state index in [9.17, 15) is 4.39 Å². The minimum absolute atomic E-state index is 0.297. The van der Waals surface area contributed by atoms with Crippen molar-refractivity contribution < 1.29 is 9.13 Å². The van der Waals surface area contributed by atoms with Gasteiger partial charge in [-0.05, 0) is 48.5 Å². The van der Waals surface area contributed by atoms with Gasteiger partial charge < -0.3 is 9.64 Å². The van der Waals surface area contributed by atoms with Gasteiger partial charge in [-0.3, -0.25) is 9.97 Å². The lowest BCUT2D eigenvalue weighted by Crippen LogP contribution is -2.16. The second kappa shape index (κ2) is 5.89. The highest BCUT2D eigenvalue weighted by molar-refractivity contribution is 6.18. The van der Waals surface area contributed by atoms with Gasteiger partial charge in [0.15, 0.2) is 11.5 Å². The van der Waals surface area contributed by atoms with Gasteiger partial charge in [0.05, 0.1) is 28.5 Å². The number of fused-ring (bicyclic) bond motifs is 5. The van der Waals surface area contributed by atoms with Crippen LogP contribution in [0.15, 0.2) is 85.2 Å². The molecule has 0 spiro atoms. The molecule has 5 aromatic rings. The summed E-state index contributed by atoms with van der Waals surface area (Å²) in [6.45, 7) is 0. The van der Waals surface area contributed by atoms with Crippen LogP contribution >= 0.6 is 0 Å². The maximum Gasteiger partial charge on any atom is 0.151 e. The molecule has 0 N–H and O–H groups in total. The predicted octanol–water partition coefficient (Wildman–Crippen LogP) is 6.99. The summed E-state index contributed by atoms with van der Waals surface area (Å²) in [5.41, 5.74) is 5.99. The molecule has 1 aliphatic heterocycles. The quantitative estimate of drug-likeness (QED) is 0.296. The molecule has 0 bridgehead atoms. The summed E-state index contributed by atoms with van der Waals surface area (Å²) in [5, 5.41) is 1.79. The summed E-state index contributed by atoms with van der Waals surface area (Å²) in [5.74, 6) is 1.22. The first kappa shape index (κ1) is 16.5. The first-order valence-electron chi connectivity index (χ1n) is 10.0. The Balaban J connectivity index is 1.58. The number of ether oxygens (including phenoxy) is 1. The Morgan fingerprint density at radius 2 is 1.32 bits per heavy atom. The summed E-state index contributed by atoms with van der Waals surface area (Å²) in [6, 6.07) is 23.0. The first-order valence-corrected chi connectivity index (χ1v) is 10.0. The van der Waals surface area contributed by atoms with Crippen LogP contribution in [-0.4, -0.2) is 9.97 Å². The van der Waals surface area contributed by atoms with Gasteiger partial charge in [-0.15, -0.1) is 0 Å². The van der Waals surface area contributed by atoms with Crippen LogP contribution in [0.1, 0.15) is 0 Å². The molecule has 0 amide bonds. The van der Waals surface area contributed by atoms with Gasteiger partial charge in [-0.2, -0.15) is 0 Å². The average molecular weight is 403 g/mol. The zero-order valence-electron chi connectivity index (χ0n) is 16.2. The standard InChI is InChI=1S/C26H14FN3O/c27-15-13-17-19(10-9-16-24(17)18(14-15)26-25(16)28-11-12-29-26)30-20-5-1-3-7-22(20)31-23-8-4-2-6-21(23)30/h1-14H. The van der Waals surface area contributed by atoms with Gasteiger partial charge in [0.25, 0.3) is 0 Å². The highest BCUT2D eigenvalue weighted by atomic mass is 19.1. The first-order chi connectivity index (χ1) is 15.3. The molecule has 1 aliphatic carbocycles. The Hall–Kier alpha value is -4.25. The fraction of sp³-hybridized carbons (Fsp3) is 0. The number of benzene rings is 4. The molecular formula is C26H14FN3O. The molecule has 0 saturated heterocycles. The van der Waals surface area contributed by atoms with Crippen LogP contribution in [0, 0.1) is 5.82 Å². The molecule has 5 heteroatoms. The molecule has 0 saturated carbocycles. The molecule has 1 aromatic heterocycles. The van der Waals surface area contributed by atoms with Crippen molar-refractivity contribution >= 4 is 27.8 Å². The Morgan fingerprint density at radius 1 is 0.677 bits per heavy atom. The number of rotatable bonds is 1. The van der Waals surface area contributed by atoms with Crippen molar-refractivity contribution in [3.63, 3.8) is 0 Å². The Morgan fingerprint density at radius 3 is 2.03 bits per heavy atom. The summed E-state index contributed by atoms with van der Waals surface area (Å²) < 4.78 is 21.0. The topological polar surface area (TPSA) is 38.2 Å². The van der Waals surface area contributed by atoms with E-state index in [1.54, 1.807) is 24.5 Å². The van der Waals surface area contributed by atoms with Crippen LogP contribution in [0.4, 0.5) is 21.5 Å². The van der Waals surface area contributed by atoms with Crippen LogP contribution in [-0.2, 0) is 0 Å². The van der Waals surface area contributed by atoms with E-state index in [1.165, 1.54) is 0 Å². The molecule has 31 heavy (non-hydrogen) atoms. The lowest BCUT2D eigenvalue weighted by atomic mass is 10.00. The highest BCUT2D eigenvalue weighted by Crippen LogP contribution is 2.54. The molecule has 0 unspecified atom stereocenters. The normalized spacial score (nSPS) is 12.9. The monoisotopic (exact) mass is 403 g/mol. The largest absolute Gasteiger partial charge is 0.453 e. The number of hydrogen-bond acceptors (Lipinski definition) is 4. The van der Waals surface area contributed by atoms with Gasteiger partial charge in [0.1, 0.15) is 5.82 Å². The molecule has 0 radical (unpaired) electrons. The van der Waals surface area contributed by atoms with E-state index in [4.69, 9.17) is 4.74 Å². The molecular weight excluding hydrogens is 389 g/mol. The lowest BCUT2D eigenvalue weighted by Gasteiger charge is -2.33. The van der Waals surface area contributed by atoms with Crippen molar-refractivity contribution in [1.82, 2.24) is 9.97 Å². The zero-order valence-corrected chi connectivity index (χ0v) is 16.2. The van der Waals surface area contributed by atoms with Gasteiger partial charge in [-0.1, -0.05) is 24.3 Å². The van der Waals surface area contributed by atoms with Crippen LogP contribution in [0.5, 0.6) is 11.5 Å². The number of aromatic nitrogens is 2. The third-order valence-corrected chi connectivity index (χ3v) is 5.94.